The first-order valence-electron chi connectivity index (χ1n) is 7.83. The van der Waals surface area contributed by atoms with Crippen molar-refractivity contribution in [2.24, 2.45) is 0 Å². The number of benzene rings is 2. The van der Waals surface area contributed by atoms with Crippen LogP contribution >= 0.6 is 27.5 Å². The Morgan fingerprint density at radius 1 is 1.33 bits per heavy atom. The molecule has 0 aliphatic carbocycles. The normalized spacial score (nSPS) is 28.7. The quantitative estimate of drug-likeness (QED) is 0.737. The van der Waals surface area contributed by atoms with Crippen molar-refractivity contribution in [3.63, 3.8) is 0 Å². The molecule has 1 saturated heterocycles. The lowest BCUT2D eigenvalue weighted by Crippen LogP contribution is -2.48. The smallest absolute Gasteiger partial charge is 0.153 e. The zero-order valence-electron chi connectivity index (χ0n) is 12.7. The molecule has 3 nitrogen and oxygen atoms in total. The maximum absolute atomic E-state index is 14.0. The Morgan fingerprint density at radius 3 is 2.75 bits per heavy atom. The van der Waals surface area contributed by atoms with Crippen molar-refractivity contribution in [1.29, 1.82) is 0 Å². The van der Waals surface area contributed by atoms with Crippen LogP contribution in [0.2, 0.25) is 5.02 Å². The summed E-state index contributed by atoms with van der Waals surface area (Å²) in [4.78, 5) is 0. The minimum absolute atomic E-state index is 0.0700. The summed E-state index contributed by atoms with van der Waals surface area (Å²) in [5.41, 5.74) is 1.16. The van der Waals surface area contributed by atoms with E-state index in [1.54, 1.807) is 0 Å². The molecule has 2 aliphatic rings. The highest BCUT2D eigenvalue weighted by Gasteiger charge is 2.50. The van der Waals surface area contributed by atoms with Crippen molar-refractivity contribution < 1.29 is 14.2 Å². The van der Waals surface area contributed by atoms with Crippen LogP contribution in [0.5, 0.6) is 5.75 Å². The summed E-state index contributed by atoms with van der Waals surface area (Å²) in [6.45, 7) is 0.523. The lowest BCUT2D eigenvalue weighted by atomic mass is 9.81. The van der Waals surface area contributed by atoms with E-state index in [-0.39, 0.29) is 11.1 Å². The highest BCUT2D eigenvalue weighted by atomic mass is 79.9. The van der Waals surface area contributed by atoms with E-state index < -0.39 is 17.5 Å². The molecule has 24 heavy (non-hydrogen) atoms. The van der Waals surface area contributed by atoms with Crippen LogP contribution in [0.1, 0.15) is 17.5 Å². The monoisotopic (exact) mass is 411 g/mol. The Labute approximate surface area is 152 Å². The molecule has 1 fully saturated rings. The van der Waals surface area contributed by atoms with E-state index in [4.69, 9.17) is 16.3 Å². The van der Waals surface area contributed by atoms with Crippen LogP contribution in [0.25, 0.3) is 0 Å². The van der Waals surface area contributed by atoms with Crippen molar-refractivity contribution in [2.45, 2.75) is 30.6 Å². The van der Waals surface area contributed by atoms with Gasteiger partial charge in [0.15, 0.2) is 5.60 Å². The number of halogens is 3. The van der Waals surface area contributed by atoms with Crippen LogP contribution in [0, 0.1) is 5.82 Å². The molecule has 0 saturated carbocycles. The largest absolute Gasteiger partial charge is 0.480 e. The minimum atomic E-state index is -0.694. The van der Waals surface area contributed by atoms with Gasteiger partial charge in [-0.05, 0) is 27.9 Å². The first-order chi connectivity index (χ1) is 11.5. The average molecular weight is 413 g/mol. The van der Waals surface area contributed by atoms with Gasteiger partial charge in [-0.1, -0.05) is 41.9 Å². The standard InChI is InChI=1S/C18H16BrClFNO2/c19-16-12-8-18(10-4-2-1-3-5-10,15-6-11(23)9-22-15)24-14(12)7-13(21)17(16)20/h1-5,7,11,15,22-23H,6,8-9H2/t11?,15-,18-/m0/s1. The predicted octanol–water partition coefficient (Wildman–Crippen LogP) is 3.79. The number of β-amino-alcohol motifs (C(OH)–C–C–N with tert-alkyl or cyclic N) is 1. The third-order valence-corrected chi connectivity index (χ3v) is 6.36. The van der Waals surface area contributed by atoms with Crippen LogP contribution in [0.4, 0.5) is 4.39 Å². The lowest BCUT2D eigenvalue weighted by Gasteiger charge is -2.35. The van der Waals surface area contributed by atoms with Gasteiger partial charge in [0.2, 0.25) is 0 Å². The zero-order valence-corrected chi connectivity index (χ0v) is 15.1. The van der Waals surface area contributed by atoms with E-state index in [0.29, 0.717) is 29.6 Å². The van der Waals surface area contributed by atoms with E-state index in [1.807, 2.05) is 30.3 Å². The molecule has 2 aliphatic heterocycles. The molecule has 6 heteroatoms. The van der Waals surface area contributed by atoms with Crippen LogP contribution in [-0.2, 0) is 12.0 Å². The van der Waals surface area contributed by atoms with E-state index >= 15 is 0 Å². The molecule has 126 valence electrons. The fourth-order valence-electron chi connectivity index (χ4n) is 3.71. The maximum atomic E-state index is 14.0. The number of aliphatic hydroxyl groups is 1. The summed E-state index contributed by atoms with van der Waals surface area (Å²) >= 11 is 9.46. The first-order valence-corrected chi connectivity index (χ1v) is 9.01. The van der Waals surface area contributed by atoms with Gasteiger partial charge in [-0.3, -0.25) is 0 Å². The summed E-state index contributed by atoms with van der Waals surface area (Å²) in [5.74, 6) is -0.0126. The molecular weight excluding hydrogens is 397 g/mol. The van der Waals surface area contributed by atoms with Gasteiger partial charge in [-0.15, -0.1) is 0 Å². The van der Waals surface area contributed by atoms with Crippen molar-refractivity contribution in [3.05, 3.63) is 62.8 Å². The van der Waals surface area contributed by atoms with Gasteiger partial charge < -0.3 is 15.2 Å². The fourth-order valence-corrected chi connectivity index (χ4v) is 4.40. The molecule has 1 unspecified atom stereocenters. The number of aliphatic hydroxyl groups excluding tert-OH is 1. The van der Waals surface area contributed by atoms with Crippen LogP contribution < -0.4 is 10.1 Å². The number of fused-ring (bicyclic) bond motifs is 1. The third-order valence-electron chi connectivity index (χ3n) is 4.89. The molecule has 0 amide bonds. The van der Waals surface area contributed by atoms with Crippen molar-refractivity contribution >= 4 is 27.5 Å². The molecule has 2 aromatic rings. The number of ether oxygens (including phenoxy) is 1. The molecule has 0 spiro atoms. The van der Waals surface area contributed by atoms with Gasteiger partial charge >= 0.3 is 0 Å². The Morgan fingerprint density at radius 2 is 2.08 bits per heavy atom. The second-order valence-electron chi connectivity index (χ2n) is 6.35. The number of nitrogens with one attached hydrogen (secondary N) is 1. The van der Waals surface area contributed by atoms with Crippen LogP contribution in [0.3, 0.4) is 0 Å². The van der Waals surface area contributed by atoms with Gasteiger partial charge in [0.25, 0.3) is 0 Å². The Hall–Kier alpha value is -1.14. The molecule has 0 bridgehead atoms. The topological polar surface area (TPSA) is 41.5 Å². The minimum Gasteiger partial charge on any atom is -0.480 e. The van der Waals surface area contributed by atoms with Crippen LogP contribution in [-0.4, -0.2) is 23.8 Å². The van der Waals surface area contributed by atoms with E-state index in [1.165, 1.54) is 6.07 Å². The summed E-state index contributed by atoms with van der Waals surface area (Å²) in [7, 11) is 0. The summed E-state index contributed by atoms with van der Waals surface area (Å²) in [5, 5.41) is 13.4. The van der Waals surface area contributed by atoms with E-state index in [2.05, 4.69) is 21.2 Å². The number of rotatable bonds is 2. The second kappa shape index (κ2) is 5.99. The average Bonchev–Trinajstić information content (AvgIpc) is 3.18. The predicted molar refractivity (Wildman–Crippen MR) is 94.0 cm³/mol. The van der Waals surface area contributed by atoms with Gasteiger partial charge in [0, 0.05) is 29.1 Å². The van der Waals surface area contributed by atoms with E-state index in [9.17, 15) is 9.50 Å². The Balaban J connectivity index is 1.83. The van der Waals surface area contributed by atoms with Gasteiger partial charge in [0.05, 0.1) is 17.2 Å². The number of hydrogen-bond donors (Lipinski definition) is 2. The highest BCUT2D eigenvalue weighted by Crippen LogP contribution is 2.49. The summed E-state index contributed by atoms with van der Waals surface area (Å²) in [6.07, 6.45) is 0.722. The van der Waals surface area contributed by atoms with Crippen molar-refractivity contribution in [1.82, 2.24) is 5.32 Å². The molecule has 4 rings (SSSR count). The molecule has 2 N–H and O–H groups in total. The molecule has 0 aromatic heterocycles. The molecule has 2 aromatic carbocycles. The first kappa shape index (κ1) is 16.3. The molecule has 0 radical (unpaired) electrons. The SMILES string of the molecule is OC1CN[C@H]([C@@]2(c3ccccc3)Cc3c(cc(F)c(Cl)c3Br)O2)C1. The third kappa shape index (κ3) is 2.46. The maximum Gasteiger partial charge on any atom is 0.153 e. The van der Waals surface area contributed by atoms with Gasteiger partial charge in [-0.25, -0.2) is 4.39 Å². The molecule has 2 heterocycles. The fraction of sp³-hybridized carbons (Fsp3) is 0.333. The highest BCUT2D eigenvalue weighted by molar-refractivity contribution is 9.10. The zero-order chi connectivity index (χ0) is 16.9. The van der Waals surface area contributed by atoms with E-state index in [0.717, 1.165) is 11.1 Å². The van der Waals surface area contributed by atoms with Crippen molar-refractivity contribution in [3.8, 4) is 5.75 Å². The number of hydrogen-bond acceptors (Lipinski definition) is 3. The molecule has 3 atom stereocenters. The Kier molecular flexibility index (Phi) is 4.07. The van der Waals surface area contributed by atoms with Crippen molar-refractivity contribution in [2.75, 3.05) is 6.54 Å². The lowest BCUT2D eigenvalue weighted by molar-refractivity contribution is 0.0486. The Bertz CT molecular complexity index is 788. The summed E-state index contributed by atoms with van der Waals surface area (Å²) in [6, 6.07) is 11.1. The second-order valence-corrected chi connectivity index (χ2v) is 7.52. The van der Waals surface area contributed by atoms with Gasteiger partial charge in [0.1, 0.15) is 11.6 Å². The molecular formula is C18H16BrClFNO2. The van der Waals surface area contributed by atoms with Gasteiger partial charge in [-0.2, -0.15) is 0 Å². The van der Waals surface area contributed by atoms with Crippen LogP contribution in [0.15, 0.2) is 40.9 Å². The summed E-state index contributed by atoms with van der Waals surface area (Å²) < 4.78 is 20.9.